The van der Waals surface area contributed by atoms with Crippen molar-refractivity contribution in [1.82, 2.24) is 4.72 Å². The lowest BCUT2D eigenvalue weighted by Gasteiger charge is -2.27. The van der Waals surface area contributed by atoms with Crippen LogP contribution in [0.1, 0.15) is 43.4 Å². The fourth-order valence-electron chi connectivity index (χ4n) is 3.13. The molecule has 0 aliphatic heterocycles. The first-order valence-electron chi connectivity index (χ1n) is 10.2. The van der Waals surface area contributed by atoms with Crippen LogP contribution in [0.4, 0.5) is 0 Å². The summed E-state index contributed by atoms with van der Waals surface area (Å²) in [5.41, 5.74) is 2.65. The van der Waals surface area contributed by atoms with Gasteiger partial charge < -0.3 is 4.74 Å². The molecule has 0 unspecified atom stereocenters. The summed E-state index contributed by atoms with van der Waals surface area (Å²) >= 11 is 18.6. The fourth-order valence-corrected chi connectivity index (χ4v) is 4.25. The number of aryl methyl sites for hydroxylation is 1. The van der Waals surface area contributed by atoms with Gasteiger partial charge in [-0.15, -0.1) is 11.6 Å². The minimum atomic E-state index is -3.37. The maximum absolute atomic E-state index is 11.9. The second-order valence-corrected chi connectivity index (χ2v) is 11.1. The summed E-state index contributed by atoms with van der Waals surface area (Å²) < 4.78 is 30.1. The lowest BCUT2D eigenvalue weighted by molar-refractivity contribution is -0.117. The number of alkyl halides is 1. The van der Waals surface area contributed by atoms with E-state index < -0.39 is 10.0 Å². The summed E-state index contributed by atoms with van der Waals surface area (Å²) in [6, 6.07) is 11.7. The predicted octanol–water partition coefficient (Wildman–Crippen LogP) is 5.38. The van der Waals surface area contributed by atoms with Crippen molar-refractivity contribution < 1.29 is 17.9 Å². The molecule has 32 heavy (non-hydrogen) atoms. The zero-order valence-electron chi connectivity index (χ0n) is 18.4. The van der Waals surface area contributed by atoms with Crippen molar-refractivity contribution in [3.05, 3.63) is 63.1 Å². The number of ether oxygens (including phenoxy) is 1. The fraction of sp³-hybridized carbons (Fsp3) is 0.435. The summed E-state index contributed by atoms with van der Waals surface area (Å²) in [7, 11) is -3.37. The number of rotatable bonds is 12. The smallest absolute Gasteiger partial charge is 0.209 e. The largest absolute Gasteiger partial charge is 0.490 e. The number of benzene rings is 2. The van der Waals surface area contributed by atoms with Crippen molar-refractivity contribution >= 4 is 50.6 Å². The second kappa shape index (κ2) is 11.7. The Morgan fingerprint density at radius 3 is 2.19 bits per heavy atom. The van der Waals surface area contributed by atoms with Gasteiger partial charge >= 0.3 is 0 Å². The van der Waals surface area contributed by atoms with Gasteiger partial charge in [0.25, 0.3) is 0 Å². The zero-order valence-corrected chi connectivity index (χ0v) is 21.5. The van der Waals surface area contributed by atoms with E-state index in [0.717, 1.165) is 22.9 Å². The summed E-state index contributed by atoms with van der Waals surface area (Å²) in [5.74, 6) is 0.808. The third-order valence-electron chi connectivity index (χ3n) is 5.14. The molecule has 0 radical (unpaired) electrons. The Bertz CT molecular complexity index is 1010. The standard InChI is InChI=1S/C23H28Cl3NO4S/c1-23(2,18-13-20(25)22(21(26)14-18)31-12-4-11-24)17-8-5-16(6-9-17)7-10-19(28)15-27-32(3,29)30/h5-6,8-9,13-14,27H,4,7,10-12,15H2,1-3H3. The predicted molar refractivity (Wildman–Crippen MR) is 132 cm³/mol. The zero-order chi connectivity index (χ0) is 23.9. The number of hydrogen-bond donors (Lipinski definition) is 1. The van der Waals surface area contributed by atoms with E-state index in [-0.39, 0.29) is 24.2 Å². The first kappa shape index (κ1) is 26.9. The topological polar surface area (TPSA) is 72.5 Å². The van der Waals surface area contributed by atoms with Crippen molar-refractivity contribution in [3.63, 3.8) is 0 Å². The van der Waals surface area contributed by atoms with Gasteiger partial charge in [0, 0.05) is 17.7 Å². The number of sulfonamides is 1. The van der Waals surface area contributed by atoms with Gasteiger partial charge in [0.15, 0.2) is 5.75 Å². The van der Waals surface area contributed by atoms with Crippen molar-refractivity contribution in [2.75, 3.05) is 25.3 Å². The van der Waals surface area contributed by atoms with Crippen LogP contribution < -0.4 is 9.46 Å². The highest BCUT2D eigenvalue weighted by molar-refractivity contribution is 7.88. The van der Waals surface area contributed by atoms with E-state index in [2.05, 4.69) is 18.6 Å². The van der Waals surface area contributed by atoms with Gasteiger partial charge in [-0.25, -0.2) is 13.1 Å². The minimum absolute atomic E-state index is 0.155. The van der Waals surface area contributed by atoms with Gasteiger partial charge in [-0.05, 0) is 41.7 Å². The summed E-state index contributed by atoms with van der Waals surface area (Å²) in [6.07, 6.45) is 2.54. The maximum Gasteiger partial charge on any atom is 0.209 e. The Balaban J connectivity index is 2.08. The van der Waals surface area contributed by atoms with Crippen LogP contribution in [0.15, 0.2) is 36.4 Å². The van der Waals surface area contributed by atoms with Gasteiger partial charge in [0.2, 0.25) is 10.0 Å². The molecule has 0 bridgehead atoms. The molecule has 1 N–H and O–H groups in total. The summed E-state index contributed by atoms with van der Waals surface area (Å²) in [5, 5.41) is 0.904. The number of ketones is 1. The third-order valence-corrected chi connectivity index (χ3v) is 6.64. The van der Waals surface area contributed by atoms with E-state index in [1.165, 1.54) is 0 Å². The van der Waals surface area contributed by atoms with Crippen LogP contribution in [0.3, 0.4) is 0 Å². The number of Topliss-reactive ketones (excluding diaryl/α,β-unsaturated/α-hetero) is 1. The highest BCUT2D eigenvalue weighted by Gasteiger charge is 2.25. The molecular formula is C23H28Cl3NO4S. The van der Waals surface area contributed by atoms with Crippen LogP contribution in [-0.4, -0.2) is 39.5 Å². The molecule has 0 amide bonds. The van der Waals surface area contributed by atoms with Crippen LogP contribution >= 0.6 is 34.8 Å². The third kappa shape index (κ3) is 7.92. The van der Waals surface area contributed by atoms with Gasteiger partial charge in [-0.3, -0.25) is 4.79 Å². The highest BCUT2D eigenvalue weighted by Crippen LogP contribution is 2.40. The van der Waals surface area contributed by atoms with Crippen LogP contribution in [0.5, 0.6) is 5.75 Å². The monoisotopic (exact) mass is 519 g/mol. The van der Waals surface area contributed by atoms with Gasteiger partial charge in [0.1, 0.15) is 5.78 Å². The van der Waals surface area contributed by atoms with E-state index in [0.29, 0.717) is 41.1 Å². The van der Waals surface area contributed by atoms with E-state index in [1.54, 1.807) is 0 Å². The Labute approximate surface area is 205 Å². The van der Waals surface area contributed by atoms with Crippen LogP contribution in [0.25, 0.3) is 0 Å². The Kier molecular flexibility index (Phi) is 9.85. The van der Waals surface area contributed by atoms with E-state index in [4.69, 9.17) is 39.5 Å². The van der Waals surface area contributed by atoms with Crippen molar-refractivity contribution in [3.8, 4) is 5.75 Å². The molecule has 0 spiro atoms. The second-order valence-electron chi connectivity index (χ2n) is 8.11. The van der Waals surface area contributed by atoms with Crippen molar-refractivity contribution in [1.29, 1.82) is 0 Å². The molecule has 0 fully saturated rings. The van der Waals surface area contributed by atoms with Crippen LogP contribution in [0.2, 0.25) is 10.0 Å². The number of hydrogen-bond acceptors (Lipinski definition) is 4. The quantitative estimate of drug-likeness (QED) is 0.301. The van der Waals surface area contributed by atoms with Crippen molar-refractivity contribution in [2.24, 2.45) is 0 Å². The molecule has 9 heteroatoms. The number of carbonyl (C=O) groups is 1. The summed E-state index contributed by atoms with van der Waals surface area (Å²) in [4.78, 5) is 11.9. The number of nitrogens with one attached hydrogen (secondary N) is 1. The molecule has 0 aliphatic carbocycles. The summed E-state index contributed by atoms with van der Waals surface area (Å²) in [6.45, 7) is 4.42. The van der Waals surface area contributed by atoms with E-state index in [9.17, 15) is 13.2 Å². The Morgan fingerprint density at radius 1 is 1.06 bits per heavy atom. The van der Waals surface area contributed by atoms with E-state index in [1.807, 2.05) is 36.4 Å². The Morgan fingerprint density at radius 2 is 1.66 bits per heavy atom. The molecule has 0 aromatic heterocycles. The van der Waals surface area contributed by atoms with Crippen LogP contribution in [0, 0.1) is 0 Å². The molecule has 2 aromatic carbocycles. The SMILES string of the molecule is CC(C)(c1ccc(CCC(=O)CNS(C)(=O)=O)cc1)c1cc(Cl)c(OCCCCl)c(Cl)c1. The van der Waals surface area contributed by atoms with Gasteiger partial charge in [0.05, 0.1) is 29.5 Å². The van der Waals surface area contributed by atoms with E-state index >= 15 is 0 Å². The molecule has 0 atom stereocenters. The average Bonchev–Trinajstić information content (AvgIpc) is 2.72. The maximum atomic E-state index is 11.9. The minimum Gasteiger partial charge on any atom is -0.490 e. The molecule has 176 valence electrons. The lowest BCUT2D eigenvalue weighted by atomic mass is 9.78. The molecule has 0 saturated heterocycles. The first-order valence-corrected chi connectivity index (χ1v) is 13.4. The number of carbonyl (C=O) groups excluding carboxylic acids is 1. The molecule has 2 rings (SSSR count). The van der Waals surface area contributed by atoms with Gasteiger partial charge in [-0.1, -0.05) is 61.3 Å². The van der Waals surface area contributed by atoms with Crippen molar-refractivity contribution in [2.45, 2.75) is 38.5 Å². The molecule has 0 aliphatic rings. The number of halogens is 3. The average molecular weight is 521 g/mol. The normalized spacial score (nSPS) is 12.1. The lowest BCUT2D eigenvalue weighted by Crippen LogP contribution is -2.28. The Hall–Kier alpha value is -1.31. The highest BCUT2D eigenvalue weighted by atomic mass is 35.5. The molecular weight excluding hydrogens is 493 g/mol. The molecule has 5 nitrogen and oxygen atoms in total. The first-order chi connectivity index (χ1) is 14.9. The molecule has 0 saturated carbocycles. The van der Waals surface area contributed by atoms with Gasteiger partial charge in [-0.2, -0.15) is 0 Å². The van der Waals surface area contributed by atoms with Crippen LogP contribution in [-0.2, 0) is 26.7 Å². The molecule has 2 aromatic rings. The molecule has 0 heterocycles.